The van der Waals surface area contributed by atoms with Crippen molar-refractivity contribution in [1.29, 1.82) is 0 Å². The van der Waals surface area contributed by atoms with Gasteiger partial charge in [-0.3, -0.25) is 4.79 Å². The maximum Gasteiger partial charge on any atom is 0.147 e. The molecule has 1 aliphatic rings. The summed E-state index contributed by atoms with van der Waals surface area (Å²) < 4.78 is 1.27. The van der Waals surface area contributed by atoms with Gasteiger partial charge in [0.05, 0.1) is 5.41 Å². The monoisotopic (exact) mass is 292 g/mol. The number of carbonyl (C=O) groups excluding carboxylic acids is 1. The Bertz CT molecular complexity index is 797. The number of hydrogen-bond acceptors (Lipinski definition) is 2. The van der Waals surface area contributed by atoms with Crippen molar-refractivity contribution in [2.45, 2.75) is 24.7 Å². The topological polar surface area (TPSA) is 17.1 Å². The highest BCUT2D eigenvalue weighted by Gasteiger charge is 2.50. The van der Waals surface area contributed by atoms with E-state index in [4.69, 9.17) is 0 Å². The highest BCUT2D eigenvalue weighted by molar-refractivity contribution is 7.17. The number of benzene rings is 2. The third-order valence-corrected chi connectivity index (χ3v) is 5.53. The second kappa shape index (κ2) is 4.81. The van der Waals surface area contributed by atoms with Gasteiger partial charge >= 0.3 is 0 Å². The largest absolute Gasteiger partial charge is 0.298 e. The van der Waals surface area contributed by atoms with E-state index in [0.29, 0.717) is 12.2 Å². The lowest BCUT2D eigenvalue weighted by atomic mass is 9.88. The maximum atomic E-state index is 12.8. The highest BCUT2D eigenvalue weighted by atomic mass is 32.1. The molecule has 0 spiro atoms. The molecule has 104 valence electrons. The Balaban J connectivity index is 1.65. The van der Waals surface area contributed by atoms with E-state index in [1.54, 1.807) is 11.3 Å². The number of ketones is 1. The van der Waals surface area contributed by atoms with Crippen molar-refractivity contribution in [2.75, 3.05) is 0 Å². The quantitative estimate of drug-likeness (QED) is 0.678. The molecule has 1 aliphatic carbocycles. The van der Waals surface area contributed by atoms with Gasteiger partial charge in [-0.2, -0.15) is 0 Å². The van der Waals surface area contributed by atoms with Crippen LogP contribution in [-0.2, 0) is 16.6 Å². The molecule has 1 saturated carbocycles. The van der Waals surface area contributed by atoms with Crippen LogP contribution >= 0.6 is 11.3 Å². The summed E-state index contributed by atoms with van der Waals surface area (Å²) in [6.45, 7) is 0. The van der Waals surface area contributed by atoms with Gasteiger partial charge in [-0.25, -0.2) is 0 Å². The van der Waals surface area contributed by atoms with Gasteiger partial charge in [0, 0.05) is 11.1 Å². The minimum atomic E-state index is -0.204. The van der Waals surface area contributed by atoms with Crippen molar-refractivity contribution in [3.8, 4) is 0 Å². The molecule has 0 radical (unpaired) electrons. The van der Waals surface area contributed by atoms with Gasteiger partial charge in [-0.05, 0) is 40.8 Å². The van der Waals surface area contributed by atoms with Crippen LogP contribution in [0.2, 0.25) is 0 Å². The Labute approximate surface area is 128 Å². The molecule has 0 atom stereocenters. The Hall–Kier alpha value is -1.93. The number of fused-ring (bicyclic) bond motifs is 1. The summed E-state index contributed by atoms with van der Waals surface area (Å²) in [4.78, 5) is 12.8. The molecule has 0 saturated heterocycles. The van der Waals surface area contributed by atoms with E-state index >= 15 is 0 Å². The van der Waals surface area contributed by atoms with Crippen LogP contribution in [0, 0.1) is 0 Å². The summed E-state index contributed by atoms with van der Waals surface area (Å²) in [6, 6.07) is 18.6. The van der Waals surface area contributed by atoms with Gasteiger partial charge < -0.3 is 0 Å². The summed E-state index contributed by atoms with van der Waals surface area (Å²) in [6.07, 6.45) is 2.55. The van der Waals surface area contributed by atoms with Crippen molar-refractivity contribution >= 4 is 27.2 Å². The Kier molecular flexibility index (Phi) is 2.93. The Morgan fingerprint density at radius 1 is 1.00 bits per heavy atom. The predicted molar refractivity (Wildman–Crippen MR) is 87.9 cm³/mol. The minimum Gasteiger partial charge on any atom is -0.298 e. The standard InChI is InChI=1S/C19H16OS/c20-18(19(10-11-19)15-6-2-1-3-7-15)12-14-13-21-17-9-5-4-8-16(14)17/h1-9,13H,10-12H2. The lowest BCUT2D eigenvalue weighted by Crippen LogP contribution is -2.22. The number of carbonyl (C=O) groups is 1. The molecule has 3 aromatic rings. The number of Topliss-reactive ketones (excluding diaryl/α,β-unsaturated/α-hetero) is 1. The van der Waals surface area contributed by atoms with Crippen molar-refractivity contribution in [3.05, 3.63) is 71.1 Å². The lowest BCUT2D eigenvalue weighted by Gasteiger charge is -2.14. The molecule has 0 amide bonds. The minimum absolute atomic E-state index is 0.204. The first kappa shape index (κ1) is 12.8. The summed E-state index contributed by atoms with van der Waals surface area (Å²) in [5.41, 5.74) is 2.17. The van der Waals surface area contributed by atoms with Crippen LogP contribution in [0.25, 0.3) is 10.1 Å². The number of hydrogen-bond donors (Lipinski definition) is 0. The van der Waals surface area contributed by atoms with Crippen LogP contribution in [0.15, 0.2) is 60.0 Å². The Morgan fingerprint density at radius 3 is 2.48 bits per heavy atom. The van der Waals surface area contributed by atoms with Crippen LogP contribution < -0.4 is 0 Å². The highest BCUT2D eigenvalue weighted by Crippen LogP contribution is 2.49. The van der Waals surface area contributed by atoms with Gasteiger partial charge in [0.25, 0.3) is 0 Å². The first-order chi connectivity index (χ1) is 10.3. The molecule has 1 heterocycles. The average molecular weight is 292 g/mol. The molecule has 4 rings (SSSR count). The van der Waals surface area contributed by atoms with E-state index in [2.05, 4.69) is 35.7 Å². The SMILES string of the molecule is O=C(Cc1csc2ccccc12)C1(c2ccccc2)CC1. The third kappa shape index (κ3) is 2.11. The van der Waals surface area contributed by atoms with E-state index in [0.717, 1.165) is 12.8 Å². The van der Waals surface area contributed by atoms with Crippen LogP contribution in [0.4, 0.5) is 0 Å². The van der Waals surface area contributed by atoms with Crippen molar-refractivity contribution < 1.29 is 4.79 Å². The van der Waals surface area contributed by atoms with Crippen LogP contribution in [-0.4, -0.2) is 5.78 Å². The molecule has 0 unspecified atom stereocenters. The normalized spacial score (nSPS) is 16.0. The zero-order chi connectivity index (χ0) is 14.3. The lowest BCUT2D eigenvalue weighted by molar-refractivity contribution is -0.120. The van der Waals surface area contributed by atoms with Gasteiger partial charge in [-0.15, -0.1) is 11.3 Å². The second-order valence-electron chi connectivity index (χ2n) is 5.81. The molecule has 2 heteroatoms. The molecule has 2 aromatic carbocycles. The Morgan fingerprint density at radius 2 is 1.71 bits per heavy atom. The van der Waals surface area contributed by atoms with Gasteiger partial charge in [0.1, 0.15) is 5.78 Å². The summed E-state index contributed by atoms with van der Waals surface area (Å²) in [7, 11) is 0. The molecular formula is C19H16OS. The number of rotatable bonds is 4. The first-order valence-corrected chi connectivity index (χ1v) is 8.21. The maximum absolute atomic E-state index is 12.8. The van der Waals surface area contributed by atoms with Gasteiger partial charge in [0.15, 0.2) is 0 Å². The zero-order valence-electron chi connectivity index (χ0n) is 11.7. The van der Waals surface area contributed by atoms with Gasteiger partial charge in [-0.1, -0.05) is 48.5 Å². The number of thiophene rings is 1. The van der Waals surface area contributed by atoms with E-state index in [9.17, 15) is 4.79 Å². The second-order valence-corrected chi connectivity index (χ2v) is 6.72. The molecule has 1 aromatic heterocycles. The van der Waals surface area contributed by atoms with Gasteiger partial charge in [0.2, 0.25) is 0 Å². The van der Waals surface area contributed by atoms with Crippen molar-refractivity contribution in [2.24, 2.45) is 0 Å². The van der Waals surface area contributed by atoms with Crippen LogP contribution in [0.3, 0.4) is 0 Å². The summed E-state index contributed by atoms with van der Waals surface area (Å²) in [5, 5.41) is 3.38. The fourth-order valence-electron chi connectivity index (χ4n) is 3.12. The van der Waals surface area contributed by atoms with E-state index < -0.39 is 0 Å². The first-order valence-electron chi connectivity index (χ1n) is 7.33. The van der Waals surface area contributed by atoms with Crippen LogP contribution in [0.5, 0.6) is 0 Å². The smallest absolute Gasteiger partial charge is 0.147 e. The average Bonchev–Trinajstić information content (AvgIpc) is 3.26. The summed E-state index contributed by atoms with van der Waals surface area (Å²) >= 11 is 1.73. The molecule has 1 fully saturated rings. The van der Waals surface area contributed by atoms with E-state index in [-0.39, 0.29) is 5.41 Å². The fraction of sp³-hybridized carbons (Fsp3) is 0.211. The van der Waals surface area contributed by atoms with Crippen molar-refractivity contribution in [3.63, 3.8) is 0 Å². The molecule has 0 aliphatic heterocycles. The molecular weight excluding hydrogens is 276 g/mol. The fourth-order valence-corrected chi connectivity index (χ4v) is 4.09. The van der Waals surface area contributed by atoms with E-state index in [1.807, 2.05) is 24.3 Å². The van der Waals surface area contributed by atoms with Crippen molar-refractivity contribution in [1.82, 2.24) is 0 Å². The predicted octanol–water partition coefficient (Wildman–Crippen LogP) is 4.74. The molecule has 0 N–H and O–H groups in total. The summed E-state index contributed by atoms with van der Waals surface area (Å²) in [5.74, 6) is 0.372. The molecule has 0 bridgehead atoms. The molecule has 21 heavy (non-hydrogen) atoms. The molecule has 1 nitrogen and oxygen atoms in total. The third-order valence-electron chi connectivity index (χ3n) is 4.52. The zero-order valence-corrected chi connectivity index (χ0v) is 12.5. The van der Waals surface area contributed by atoms with Crippen LogP contribution in [0.1, 0.15) is 24.0 Å². The van der Waals surface area contributed by atoms with E-state index in [1.165, 1.54) is 21.2 Å².